The molecule has 1 N–H and O–H groups in total. The van der Waals surface area contributed by atoms with Crippen molar-refractivity contribution in [2.45, 2.75) is 50.5 Å². The maximum Gasteiger partial charge on any atom is 0.0681 e. The van der Waals surface area contributed by atoms with E-state index in [9.17, 15) is 0 Å². The maximum absolute atomic E-state index is 8.92. The standard InChI is InChI=1S/C14H22OS/c1-2-3-4-5-6-11-16-14-9-7-13(12-15)8-10-14/h7-10,15H,2-6,11-12H2,1H3. The van der Waals surface area contributed by atoms with Crippen LogP contribution in [0.4, 0.5) is 0 Å². The summed E-state index contributed by atoms with van der Waals surface area (Å²) in [5.41, 5.74) is 0.993. The van der Waals surface area contributed by atoms with E-state index in [1.807, 2.05) is 23.9 Å². The number of benzene rings is 1. The fourth-order valence-corrected chi connectivity index (χ4v) is 2.50. The van der Waals surface area contributed by atoms with Crippen LogP contribution in [0.1, 0.15) is 44.6 Å². The quantitative estimate of drug-likeness (QED) is 0.540. The summed E-state index contributed by atoms with van der Waals surface area (Å²) in [6.45, 7) is 2.39. The molecule has 0 aliphatic heterocycles. The summed E-state index contributed by atoms with van der Waals surface area (Å²) in [4.78, 5) is 1.31. The third-order valence-electron chi connectivity index (χ3n) is 2.62. The number of thioether (sulfide) groups is 1. The first-order chi connectivity index (χ1) is 7.86. The predicted octanol–water partition coefficient (Wildman–Crippen LogP) is 4.24. The summed E-state index contributed by atoms with van der Waals surface area (Å²) < 4.78 is 0. The minimum atomic E-state index is 0.141. The molecule has 0 atom stereocenters. The fourth-order valence-electron chi connectivity index (χ4n) is 1.59. The number of hydrogen-bond donors (Lipinski definition) is 1. The van der Waals surface area contributed by atoms with Crippen LogP contribution in [0.15, 0.2) is 29.2 Å². The minimum absolute atomic E-state index is 0.141. The Kier molecular flexibility index (Phi) is 7.35. The lowest BCUT2D eigenvalue weighted by molar-refractivity contribution is 0.282. The normalized spacial score (nSPS) is 10.6. The van der Waals surface area contributed by atoms with E-state index in [2.05, 4.69) is 19.1 Å². The molecule has 0 saturated carbocycles. The second-order valence-corrected chi connectivity index (χ2v) is 5.23. The van der Waals surface area contributed by atoms with Crippen LogP contribution < -0.4 is 0 Å². The number of aliphatic hydroxyl groups excluding tert-OH is 1. The number of unbranched alkanes of at least 4 members (excludes halogenated alkanes) is 4. The molecule has 0 bridgehead atoms. The third-order valence-corrected chi connectivity index (χ3v) is 3.72. The topological polar surface area (TPSA) is 20.2 Å². The third kappa shape index (κ3) is 5.57. The highest BCUT2D eigenvalue weighted by molar-refractivity contribution is 7.99. The van der Waals surface area contributed by atoms with Gasteiger partial charge >= 0.3 is 0 Å². The highest BCUT2D eigenvalue weighted by Crippen LogP contribution is 2.20. The van der Waals surface area contributed by atoms with Crippen molar-refractivity contribution in [3.05, 3.63) is 29.8 Å². The van der Waals surface area contributed by atoms with Gasteiger partial charge in [-0.05, 0) is 29.9 Å². The molecule has 0 radical (unpaired) electrons. The van der Waals surface area contributed by atoms with Crippen molar-refractivity contribution in [1.82, 2.24) is 0 Å². The Bertz CT molecular complexity index is 269. The predicted molar refractivity (Wildman–Crippen MR) is 71.8 cm³/mol. The van der Waals surface area contributed by atoms with Crippen molar-refractivity contribution in [3.63, 3.8) is 0 Å². The van der Waals surface area contributed by atoms with Crippen molar-refractivity contribution in [2.75, 3.05) is 5.75 Å². The molecule has 0 spiro atoms. The summed E-state index contributed by atoms with van der Waals surface area (Å²) >= 11 is 1.92. The summed E-state index contributed by atoms with van der Waals surface area (Å²) in [6, 6.07) is 8.20. The second kappa shape index (κ2) is 8.66. The average Bonchev–Trinajstić information content (AvgIpc) is 2.34. The molecule has 0 fully saturated rings. The first kappa shape index (κ1) is 13.6. The Morgan fingerprint density at radius 3 is 2.31 bits per heavy atom. The van der Waals surface area contributed by atoms with Gasteiger partial charge in [0.25, 0.3) is 0 Å². The first-order valence-corrected chi connectivity index (χ1v) is 7.18. The Hall–Kier alpha value is -0.470. The van der Waals surface area contributed by atoms with Crippen molar-refractivity contribution in [2.24, 2.45) is 0 Å². The van der Waals surface area contributed by atoms with Gasteiger partial charge in [0.1, 0.15) is 0 Å². The van der Waals surface area contributed by atoms with E-state index < -0.39 is 0 Å². The largest absolute Gasteiger partial charge is 0.392 e. The van der Waals surface area contributed by atoms with E-state index in [0.717, 1.165) is 5.56 Å². The summed E-state index contributed by atoms with van der Waals surface area (Å²) in [5, 5.41) is 8.92. The molecule has 0 saturated heterocycles. The van der Waals surface area contributed by atoms with Crippen molar-refractivity contribution >= 4 is 11.8 Å². The monoisotopic (exact) mass is 238 g/mol. The lowest BCUT2D eigenvalue weighted by Gasteiger charge is -2.02. The Balaban J connectivity index is 2.12. The summed E-state index contributed by atoms with van der Waals surface area (Å²) in [5.74, 6) is 1.21. The van der Waals surface area contributed by atoms with Gasteiger partial charge in [0.05, 0.1) is 6.61 Å². The summed E-state index contributed by atoms with van der Waals surface area (Å²) in [6.07, 6.45) is 6.73. The molecule has 90 valence electrons. The van der Waals surface area contributed by atoms with Gasteiger partial charge in [-0.3, -0.25) is 0 Å². The van der Waals surface area contributed by atoms with E-state index in [4.69, 9.17) is 5.11 Å². The zero-order valence-electron chi connectivity index (χ0n) is 10.1. The van der Waals surface area contributed by atoms with Gasteiger partial charge in [-0.25, -0.2) is 0 Å². The van der Waals surface area contributed by atoms with Crippen molar-refractivity contribution in [3.8, 4) is 0 Å². The fraction of sp³-hybridized carbons (Fsp3) is 0.571. The van der Waals surface area contributed by atoms with Crippen LogP contribution in [0.25, 0.3) is 0 Å². The number of hydrogen-bond acceptors (Lipinski definition) is 2. The molecular weight excluding hydrogens is 216 g/mol. The molecule has 2 heteroatoms. The molecule has 0 aliphatic carbocycles. The van der Waals surface area contributed by atoms with Crippen LogP contribution in [0.3, 0.4) is 0 Å². The molecule has 1 rings (SSSR count). The van der Waals surface area contributed by atoms with Crippen molar-refractivity contribution < 1.29 is 5.11 Å². The lowest BCUT2D eigenvalue weighted by Crippen LogP contribution is -1.84. The molecular formula is C14H22OS. The van der Waals surface area contributed by atoms with Gasteiger partial charge in [-0.2, -0.15) is 0 Å². The Morgan fingerprint density at radius 2 is 1.69 bits per heavy atom. The van der Waals surface area contributed by atoms with E-state index in [1.165, 1.54) is 42.8 Å². The maximum atomic E-state index is 8.92. The highest BCUT2D eigenvalue weighted by Gasteiger charge is 1.95. The van der Waals surface area contributed by atoms with Crippen LogP contribution in [0.5, 0.6) is 0 Å². The number of rotatable bonds is 8. The Morgan fingerprint density at radius 1 is 1.00 bits per heavy atom. The van der Waals surface area contributed by atoms with Crippen LogP contribution in [0.2, 0.25) is 0 Å². The average molecular weight is 238 g/mol. The van der Waals surface area contributed by atoms with Gasteiger partial charge in [0, 0.05) is 4.90 Å². The Labute approximate surface area is 103 Å². The molecule has 16 heavy (non-hydrogen) atoms. The van der Waals surface area contributed by atoms with Gasteiger partial charge < -0.3 is 5.11 Å². The van der Waals surface area contributed by atoms with Crippen LogP contribution in [-0.4, -0.2) is 10.9 Å². The number of aliphatic hydroxyl groups is 1. The van der Waals surface area contributed by atoms with Crippen LogP contribution in [-0.2, 0) is 6.61 Å². The molecule has 0 aromatic heterocycles. The highest BCUT2D eigenvalue weighted by atomic mass is 32.2. The van der Waals surface area contributed by atoms with Gasteiger partial charge in [0.2, 0.25) is 0 Å². The SMILES string of the molecule is CCCCCCCSc1ccc(CO)cc1. The molecule has 1 aromatic rings. The zero-order chi connectivity index (χ0) is 11.6. The smallest absolute Gasteiger partial charge is 0.0681 e. The molecule has 0 heterocycles. The molecule has 1 aromatic carbocycles. The van der Waals surface area contributed by atoms with Gasteiger partial charge in [-0.15, -0.1) is 11.8 Å². The second-order valence-electron chi connectivity index (χ2n) is 4.06. The zero-order valence-corrected chi connectivity index (χ0v) is 10.9. The summed E-state index contributed by atoms with van der Waals surface area (Å²) in [7, 11) is 0. The first-order valence-electron chi connectivity index (χ1n) is 6.19. The van der Waals surface area contributed by atoms with E-state index in [0.29, 0.717) is 0 Å². The molecule has 1 nitrogen and oxygen atoms in total. The minimum Gasteiger partial charge on any atom is -0.392 e. The van der Waals surface area contributed by atoms with Crippen molar-refractivity contribution in [1.29, 1.82) is 0 Å². The van der Waals surface area contributed by atoms with Gasteiger partial charge in [-0.1, -0.05) is 44.7 Å². The molecule has 0 unspecified atom stereocenters. The van der Waals surface area contributed by atoms with Crippen LogP contribution in [0, 0.1) is 0 Å². The van der Waals surface area contributed by atoms with E-state index >= 15 is 0 Å². The van der Waals surface area contributed by atoms with Crippen LogP contribution >= 0.6 is 11.8 Å². The van der Waals surface area contributed by atoms with E-state index in [-0.39, 0.29) is 6.61 Å². The molecule has 0 amide bonds. The van der Waals surface area contributed by atoms with E-state index in [1.54, 1.807) is 0 Å². The lowest BCUT2D eigenvalue weighted by atomic mass is 10.2. The molecule has 0 aliphatic rings. The van der Waals surface area contributed by atoms with Gasteiger partial charge in [0.15, 0.2) is 0 Å².